The molecule has 0 heterocycles. The molecule has 0 N–H and O–H groups in total. The molecule has 0 radical (unpaired) electrons. The molecule has 3 heteroatoms. The molecule has 0 aromatic heterocycles. The van der Waals surface area contributed by atoms with E-state index in [0.29, 0.717) is 5.56 Å². The summed E-state index contributed by atoms with van der Waals surface area (Å²) in [6.07, 6.45) is 0. The third-order valence-corrected chi connectivity index (χ3v) is 6.24. The summed E-state index contributed by atoms with van der Waals surface area (Å²) in [6.45, 7) is 1.33. The fourth-order valence-electron chi connectivity index (χ4n) is 2.63. The van der Waals surface area contributed by atoms with Crippen molar-refractivity contribution in [2.24, 2.45) is 0 Å². The molecule has 0 saturated heterocycles. The van der Waals surface area contributed by atoms with E-state index in [1.54, 1.807) is 6.07 Å². The van der Waals surface area contributed by atoms with Gasteiger partial charge in [-0.05, 0) is 23.8 Å². The Hall–Kier alpha value is -2.57. The van der Waals surface area contributed by atoms with E-state index < -0.39 is 19.5 Å². The monoisotopic (exact) mass is 332 g/mol. The fourth-order valence-corrected chi connectivity index (χ4v) is 5.08. The van der Waals surface area contributed by atoms with Crippen LogP contribution in [0.3, 0.4) is 0 Å². The molecular weight excluding hydrogens is 315 g/mol. The molecule has 3 rings (SSSR count). The molecule has 0 saturated carbocycles. The van der Waals surface area contributed by atoms with Gasteiger partial charge in [-0.3, -0.25) is 9.59 Å². The predicted molar refractivity (Wildman–Crippen MR) is 100 cm³/mol. The van der Waals surface area contributed by atoms with Gasteiger partial charge in [0.2, 0.25) is 5.78 Å². The number of Topliss-reactive ketones (excluding diaryl/α,β-unsaturated/α-hetero) is 2. The Kier molecular flexibility index (Phi) is 4.98. The molecule has 3 aromatic rings. The maximum absolute atomic E-state index is 12.4. The largest absolute Gasteiger partial charge is 0.291 e. The van der Waals surface area contributed by atoms with Gasteiger partial charge in [-0.1, -0.05) is 84.9 Å². The van der Waals surface area contributed by atoms with Gasteiger partial charge in [0.25, 0.3) is 0 Å². The van der Waals surface area contributed by atoms with Crippen molar-refractivity contribution in [2.75, 3.05) is 0 Å². The van der Waals surface area contributed by atoms with Crippen LogP contribution in [0.5, 0.6) is 0 Å². The Bertz CT molecular complexity index is 818. The zero-order valence-electron chi connectivity index (χ0n) is 13.3. The van der Waals surface area contributed by atoms with Crippen molar-refractivity contribution in [3.05, 3.63) is 90.5 Å². The Morgan fingerprint density at radius 2 is 1.12 bits per heavy atom. The highest BCUT2D eigenvalue weighted by Gasteiger charge is 2.23. The van der Waals surface area contributed by atoms with Crippen molar-refractivity contribution in [1.82, 2.24) is 0 Å². The molecule has 0 aliphatic carbocycles. The minimum atomic E-state index is -0.897. The van der Waals surface area contributed by atoms with Gasteiger partial charge in [-0.25, -0.2) is 0 Å². The van der Waals surface area contributed by atoms with Crippen molar-refractivity contribution < 1.29 is 9.59 Å². The average Bonchev–Trinajstić information content (AvgIpc) is 2.63. The zero-order chi connectivity index (χ0) is 16.9. The lowest BCUT2D eigenvalue weighted by Crippen LogP contribution is -2.27. The van der Waals surface area contributed by atoms with Crippen LogP contribution in [0, 0.1) is 0 Å². The van der Waals surface area contributed by atoms with Crippen LogP contribution in [-0.2, 0) is 4.79 Å². The fraction of sp³-hybridized carbons (Fsp3) is 0.0476. The lowest BCUT2D eigenvalue weighted by Gasteiger charge is -2.21. The predicted octanol–water partition coefficient (Wildman–Crippen LogP) is 3.22. The number of benzene rings is 3. The highest BCUT2D eigenvalue weighted by atomic mass is 31.1. The smallest absolute Gasteiger partial charge is 0.228 e. The van der Waals surface area contributed by atoms with Gasteiger partial charge in [0, 0.05) is 12.5 Å². The second-order valence-electron chi connectivity index (χ2n) is 5.41. The molecule has 118 valence electrons. The summed E-state index contributed by atoms with van der Waals surface area (Å²) in [4.78, 5) is 24.0. The summed E-state index contributed by atoms with van der Waals surface area (Å²) in [6, 6.07) is 27.7. The number of carbonyl (C=O) groups excluding carboxylic acids is 2. The first kappa shape index (κ1) is 16.3. The lowest BCUT2D eigenvalue weighted by atomic mass is 10.1. The van der Waals surface area contributed by atoms with Crippen molar-refractivity contribution >= 4 is 35.4 Å². The molecule has 24 heavy (non-hydrogen) atoms. The average molecular weight is 332 g/mol. The number of ketones is 2. The Balaban J connectivity index is 2.21. The first-order chi connectivity index (χ1) is 11.7. The van der Waals surface area contributed by atoms with E-state index in [9.17, 15) is 9.59 Å². The van der Waals surface area contributed by atoms with Gasteiger partial charge in [0.1, 0.15) is 0 Å². The van der Waals surface area contributed by atoms with E-state index in [1.165, 1.54) is 6.92 Å². The van der Waals surface area contributed by atoms with Gasteiger partial charge < -0.3 is 0 Å². The topological polar surface area (TPSA) is 34.1 Å². The SMILES string of the molecule is CC(=O)C(=O)c1ccccc1P(c1ccccc1)c1ccccc1. The van der Waals surface area contributed by atoms with Crippen LogP contribution in [0.1, 0.15) is 17.3 Å². The number of carbonyl (C=O) groups is 2. The van der Waals surface area contributed by atoms with Gasteiger partial charge in [0.15, 0.2) is 5.78 Å². The summed E-state index contributed by atoms with van der Waals surface area (Å²) in [5, 5.41) is 3.23. The minimum absolute atomic E-state index is 0.426. The molecule has 0 fully saturated rings. The van der Waals surface area contributed by atoms with E-state index in [2.05, 4.69) is 24.3 Å². The quantitative estimate of drug-likeness (QED) is 0.408. The molecular formula is C21H17O2P. The van der Waals surface area contributed by atoms with Crippen molar-refractivity contribution in [1.29, 1.82) is 0 Å². The second kappa shape index (κ2) is 7.33. The van der Waals surface area contributed by atoms with E-state index in [4.69, 9.17) is 0 Å². The highest BCUT2D eigenvalue weighted by Crippen LogP contribution is 2.34. The third-order valence-electron chi connectivity index (χ3n) is 3.74. The molecule has 0 spiro atoms. The molecule has 0 unspecified atom stereocenters. The zero-order valence-corrected chi connectivity index (χ0v) is 14.2. The van der Waals surface area contributed by atoms with E-state index in [1.807, 2.05) is 54.6 Å². The normalized spacial score (nSPS) is 10.6. The van der Waals surface area contributed by atoms with Crippen LogP contribution in [0.15, 0.2) is 84.9 Å². The summed E-state index contributed by atoms with van der Waals surface area (Å²) in [5.41, 5.74) is 0.504. The summed E-state index contributed by atoms with van der Waals surface area (Å²) in [7, 11) is -0.897. The van der Waals surface area contributed by atoms with Crippen LogP contribution in [0.25, 0.3) is 0 Å². The standard InChI is InChI=1S/C21H17O2P/c1-16(22)21(23)19-14-8-9-15-20(19)24(17-10-4-2-5-11-17)18-12-6-3-7-13-18/h2-15H,1H3. The number of hydrogen-bond acceptors (Lipinski definition) is 2. The number of rotatable bonds is 5. The van der Waals surface area contributed by atoms with Crippen LogP contribution in [0.4, 0.5) is 0 Å². The second-order valence-corrected chi connectivity index (χ2v) is 7.59. The Morgan fingerprint density at radius 1 is 0.667 bits per heavy atom. The molecule has 0 aliphatic heterocycles. The van der Waals surface area contributed by atoms with Crippen molar-refractivity contribution in [3.63, 3.8) is 0 Å². The highest BCUT2D eigenvalue weighted by molar-refractivity contribution is 7.80. The molecule has 3 aromatic carbocycles. The molecule has 2 nitrogen and oxygen atoms in total. The Morgan fingerprint density at radius 3 is 1.62 bits per heavy atom. The van der Waals surface area contributed by atoms with Gasteiger partial charge in [-0.15, -0.1) is 0 Å². The minimum Gasteiger partial charge on any atom is -0.291 e. The lowest BCUT2D eigenvalue weighted by molar-refractivity contribution is -0.113. The maximum Gasteiger partial charge on any atom is 0.228 e. The molecule has 0 bridgehead atoms. The number of hydrogen-bond donors (Lipinski definition) is 0. The van der Waals surface area contributed by atoms with Gasteiger partial charge in [0.05, 0.1) is 0 Å². The summed E-state index contributed by atoms with van der Waals surface area (Å²) < 4.78 is 0. The van der Waals surface area contributed by atoms with E-state index in [0.717, 1.165) is 15.9 Å². The first-order valence-corrected chi connectivity index (χ1v) is 9.07. The van der Waals surface area contributed by atoms with Crippen LogP contribution in [-0.4, -0.2) is 11.6 Å². The van der Waals surface area contributed by atoms with Gasteiger partial charge in [-0.2, -0.15) is 0 Å². The summed E-state index contributed by atoms with van der Waals surface area (Å²) in [5.74, 6) is -0.858. The van der Waals surface area contributed by atoms with Crippen LogP contribution < -0.4 is 15.9 Å². The van der Waals surface area contributed by atoms with Crippen LogP contribution in [0.2, 0.25) is 0 Å². The summed E-state index contributed by atoms with van der Waals surface area (Å²) >= 11 is 0. The van der Waals surface area contributed by atoms with E-state index >= 15 is 0 Å². The van der Waals surface area contributed by atoms with Crippen molar-refractivity contribution in [2.45, 2.75) is 6.92 Å². The van der Waals surface area contributed by atoms with Crippen molar-refractivity contribution in [3.8, 4) is 0 Å². The molecule has 0 aliphatic rings. The molecule has 0 atom stereocenters. The van der Waals surface area contributed by atoms with Crippen LogP contribution >= 0.6 is 7.92 Å². The molecule has 0 amide bonds. The first-order valence-electron chi connectivity index (χ1n) is 7.73. The third kappa shape index (κ3) is 3.34. The van der Waals surface area contributed by atoms with Gasteiger partial charge >= 0.3 is 0 Å². The van der Waals surface area contributed by atoms with E-state index in [-0.39, 0.29) is 0 Å². The Labute approximate surface area is 142 Å². The maximum atomic E-state index is 12.4.